The van der Waals surface area contributed by atoms with Crippen LogP contribution in [0.2, 0.25) is 0 Å². The number of fused-ring (bicyclic) bond motifs is 1. The molecule has 0 saturated heterocycles. The largest absolute Gasteiger partial charge is 0.396 e. The second-order valence-electron chi connectivity index (χ2n) is 6.18. The number of pyridine rings is 1. The quantitative estimate of drug-likeness (QED) is 0.422. The van der Waals surface area contributed by atoms with Gasteiger partial charge in [0.1, 0.15) is 17.2 Å². The summed E-state index contributed by atoms with van der Waals surface area (Å²) in [6.45, 7) is 3.55. The summed E-state index contributed by atoms with van der Waals surface area (Å²) in [5.41, 5.74) is 7.11. The lowest BCUT2D eigenvalue weighted by atomic mass is 9.99. The van der Waals surface area contributed by atoms with E-state index < -0.39 is 23.0 Å². The van der Waals surface area contributed by atoms with Crippen LogP contribution in [0.5, 0.6) is 0 Å². The minimum Gasteiger partial charge on any atom is -0.396 e. The number of aromatic nitrogens is 3. The molecule has 3 N–H and O–H groups in total. The highest BCUT2D eigenvalue weighted by Crippen LogP contribution is 2.31. The average Bonchev–Trinajstić information content (AvgIpc) is 3.21. The Bertz CT molecular complexity index is 1190. The number of nitrogens with zero attached hydrogens (tertiary/aromatic N) is 2. The molecule has 3 heterocycles. The maximum atomic E-state index is 14.3. The van der Waals surface area contributed by atoms with E-state index in [1.807, 2.05) is 0 Å². The number of aromatic amines is 1. The molecular weight excluding hydrogens is 354 g/mol. The molecule has 0 aliphatic heterocycles. The Hall–Kier alpha value is -3.55. The van der Waals surface area contributed by atoms with Gasteiger partial charge in [0.25, 0.3) is 0 Å². The second-order valence-corrected chi connectivity index (χ2v) is 6.18. The first kappa shape index (κ1) is 16.9. The van der Waals surface area contributed by atoms with E-state index in [9.17, 15) is 13.6 Å². The van der Waals surface area contributed by atoms with Gasteiger partial charge < -0.3 is 15.2 Å². The first-order chi connectivity index (χ1) is 12.9. The molecule has 0 fully saturated rings. The molecule has 0 atom stereocenters. The number of hydrogen-bond acceptors (Lipinski definition) is 5. The molecule has 1 aromatic carbocycles. The van der Waals surface area contributed by atoms with Crippen LogP contribution in [0.3, 0.4) is 0 Å². The van der Waals surface area contributed by atoms with Crippen molar-refractivity contribution >= 4 is 22.5 Å². The van der Waals surface area contributed by atoms with E-state index in [-0.39, 0.29) is 11.3 Å². The highest BCUT2D eigenvalue weighted by molar-refractivity contribution is 6.16. The lowest BCUT2D eigenvalue weighted by Crippen LogP contribution is -2.09. The number of H-pyrrole nitrogens is 1. The number of hydrogen-bond donors (Lipinski definition) is 2. The van der Waals surface area contributed by atoms with Crippen molar-refractivity contribution in [1.82, 2.24) is 15.1 Å². The van der Waals surface area contributed by atoms with E-state index >= 15 is 0 Å². The van der Waals surface area contributed by atoms with Crippen molar-refractivity contribution in [2.75, 3.05) is 5.73 Å². The van der Waals surface area contributed by atoms with Gasteiger partial charge in [0.2, 0.25) is 5.78 Å². The predicted octanol–water partition coefficient (Wildman–Crippen LogP) is 3.93. The zero-order chi connectivity index (χ0) is 19.3. The third kappa shape index (κ3) is 2.57. The fourth-order valence-corrected chi connectivity index (χ4v) is 3.13. The number of carbonyl (C=O) groups is 1. The van der Waals surface area contributed by atoms with Gasteiger partial charge in [-0.3, -0.25) is 4.79 Å². The molecular formula is C19H14F2N4O2. The summed E-state index contributed by atoms with van der Waals surface area (Å²) >= 11 is 0. The van der Waals surface area contributed by atoms with Crippen molar-refractivity contribution in [3.05, 3.63) is 64.8 Å². The normalized spacial score (nSPS) is 11.3. The molecule has 0 spiro atoms. The summed E-state index contributed by atoms with van der Waals surface area (Å²) in [7, 11) is 0. The van der Waals surface area contributed by atoms with Crippen LogP contribution in [0.15, 0.2) is 35.1 Å². The minimum absolute atomic E-state index is 0.0921. The molecule has 27 heavy (non-hydrogen) atoms. The molecule has 0 saturated carbocycles. The number of ketones is 1. The van der Waals surface area contributed by atoms with Crippen molar-refractivity contribution in [2.24, 2.45) is 0 Å². The topological polar surface area (TPSA) is 97.8 Å². The summed E-state index contributed by atoms with van der Waals surface area (Å²) in [4.78, 5) is 20.0. The van der Waals surface area contributed by atoms with Gasteiger partial charge in [-0.2, -0.15) is 0 Å². The van der Waals surface area contributed by atoms with Crippen LogP contribution < -0.4 is 5.73 Å². The van der Waals surface area contributed by atoms with Crippen molar-refractivity contribution in [3.63, 3.8) is 0 Å². The van der Waals surface area contributed by atoms with E-state index in [0.717, 1.165) is 17.7 Å². The number of anilines is 1. The van der Waals surface area contributed by atoms with Gasteiger partial charge in [0.05, 0.1) is 16.9 Å². The molecule has 0 bridgehead atoms. The fourth-order valence-electron chi connectivity index (χ4n) is 3.13. The van der Waals surface area contributed by atoms with E-state index in [1.54, 1.807) is 26.1 Å². The van der Waals surface area contributed by atoms with Crippen molar-refractivity contribution in [1.29, 1.82) is 0 Å². The molecule has 6 nitrogen and oxygen atoms in total. The van der Waals surface area contributed by atoms with Gasteiger partial charge in [0, 0.05) is 34.5 Å². The number of halogens is 2. The number of carbonyl (C=O) groups excluding carboxylic acids is 1. The second kappa shape index (κ2) is 6.01. The third-order valence-corrected chi connectivity index (χ3v) is 4.45. The first-order valence-corrected chi connectivity index (χ1v) is 8.07. The number of nitrogens with two attached hydrogens (primary N) is 1. The molecule has 0 amide bonds. The molecule has 0 unspecified atom stereocenters. The summed E-state index contributed by atoms with van der Waals surface area (Å²) in [5.74, 6) is -2.27. The van der Waals surface area contributed by atoms with Gasteiger partial charge in [-0.1, -0.05) is 5.16 Å². The Morgan fingerprint density at radius 1 is 1.26 bits per heavy atom. The summed E-state index contributed by atoms with van der Waals surface area (Å²) in [6, 6.07) is 3.75. The van der Waals surface area contributed by atoms with Crippen LogP contribution in [-0.4, -0.2) is 20.9 Å². The lowest BCUT2D eigenvalue weighted by molar-refractivity contribution is 0.103. The maximum Gasteiger partial charge on any atom is 0.201 e. The molecule has 4 rings (SSSR count). The van der Waals surface area contributed by atoms with Gasteiger partial charge in [-0.15, -0.1) is 0 Å². The standard InChI is InChI=1S/C19H14F2N4O2/c1-8-15(9(2)27-25-8)10-5-11-12(7-24-19(11)23-6-10)18(26)16-13(20)3-4-14(22)17(16)21/h3-7H,22H2,1-2H3,(H,23,24). The SMILES string of the molecule is Cc1noc(C)c1-c1cnc2[nH]cc(C(=O)c3c(F)ccc(N)c3F)c2c1. The van der Waals surface area contributed by atoms with Crippen molar-refractivity contribution in [3.8, 4) is 11.1 Å². The van der Waals surface area contributed by atoms with E-state index in [1.165, 1.54) is 6.20 Å². The van der Waals surface area contributed by atoms with E-state index in [0.29, 0.717) is 28.1 Å². The minimum atomic E-state index is -1.08. The van der Waals surface area contributed by atoms with Crippen LogP contribution in [0.4, 0.5) is 14.5 Å². The third-order valence-electron chi connectivity index (χ3n) is 4.45. The van der Waals surface area contributed by atoms with E-state index in [2.05, 4.69) is 15.1 Å². The van der Waals surface area contributed by atoms with E-state index in [4.69, 9.17) is 10.3 Å². The summed E-state index contributed by atoms with van der Waals surface area (Å²) < 4.78 is 33.6. The average molecular weight is 368 g/mol. The Labute approximate surface area is 152 Å². The number of nitrogens with one attached hydrogen (secondary N) is 1. The van der Waals surface area contributed by atoms with Gasteiger partial charge >= 0.3 is 0 Å². The van der Waals surface area contributed by atoms with Crippen LogP contribution in [-0.2, 0) is 0 Å². The number of benzene rings is 1. The molecule has 0 radical (unpaired) electrons. The number of rotatable bonds is 3. The summed E-state index contributed by atoms with van der Waals surface area (Å²) in [5, 5.41) is 4.34. The monoisotopic (exact) mass is 368 g/mol. The molecule has 0 aliphatic rings. The lowest BCUT2D eigenvalue weighted by Gasteiger charge is -2.06. The molecule has 3 aromatic heterocycles. The highest BCUT2D eigenvalue weighted by Gasteiger charge is 2.24. The number of nitrogen functional groups attached to an aromatic ring is 1. The molecule has 136 valence electrons. The van der Waals surface area contributed by atoms with Crippen LogP contribution >= 0.6 is 0 Å². The van der Waals surface area contributed by atoms with Crippen LogP contribution in [0.1, 0.15) is 27.4 Å². The Morgan fingerprint density at radius 3 is 2.74 bits per heavy atom. The molecule has 8 heteroatoms. The van der Waals surface area contributed by atoms with Gasteiger partial charge in [-0.05, 0) is 32.0 Å². The Kier molecular flexibility index (Phi) is 3.76. The Balaban J connectivity index is 1.90. The zero-order valence-electron chi connectivity index (χ0n) is 14.4. The predicted molar refractivity (Wildman–Crippen MR) is 95.3 cm³/mol. The van der Waals surface area contributed by atoms with Gasteiger partial charge in [-0.25, -0.2) is 13.8 Å². The molecule has 4 aromatic rings. The number of aryl methyl sites for hydroxylation is 2. The first-order valence-electron chi connectivity index (χ1n) is 8.07. The van der Waals surface area contributed by atoms with Gasteiger partial charge in [0.15, 0.2) is 5.82 Å². The molecule has 0 aliphatic carbocycles. The smallest absolute Gasteiger partial charge is 0.201 e. The maximum absolute atomic E-state index is 14.3. The fraction of sp³-hybridized carbons (Fsp3) is 0.105. The Morgan fingerprint density at radius 2 is 2.04 bits per heavy atom. The highest BCUT2D eigenvalue weighted by atomic mass is 19.1. The van der Waals surface area contributed by atoms with Crippen LogP contribution in [0.25, 0.3) is 22.2 Å². The van der Waals surface area contributed by atoms with Crippen molar-refractivity contribution < 1.29 is 18.1 Å². The summed E-state index contributed by atoms with van der Waals surface area (Å²) in [6.07, 6.45) is 2.99. The van der Waals surface area contributed by atoms with Crippen LogP contribution in [0, 0.1) is 25.5 Å². The van der Waals surface area contributed by atoms with Crippen molar-refractivity contribution in [2.45, 2.75) is 13.8 Å². The zero-order valence-corrected chi connectivity index (χ0v) is 14.4.